The third-order valence-corrected chi connectivity index (χ3v) is 3.66. The van der Waals surface area contributed by atoms with Crippen LogP contribution in [0.4, 0.5) is 4.39 Å². The van der Waals surface area contributed by atoms with E-state index in [0.717, 1.165) is 0 Å². The SMILES string of the molecule is [2H]C([2H])([2H])C(C)n1nccc1-c1nc(F)ncc1COc1cccc(O)c1C=O. The van der Waals surface area contributed by atoms with Crippen LogP contribution in [-0.4, -0.2) is 31.1 Å². The zero-order chi connectivity index (χ0) is 21.2. The van der Waals surface area contributed by atoms with Crippen molar-refractivity contribution >= 4 is 6.29 Å². The molecule has 2 aromatic heterocycles. The fourth-order valence-corrected chi connectivity index (χ4v) is 2.46. The summed E-state index contributed by atoms with van der Waals surface area (Å²) in [5.74, 6) is -0.114. The second kappa shape index (κ2) is 7.30. The molecule has 1 N–H and O–H groups in total. The van der Waals surface area contributed by atoms with E-state index in [1.807, 2.05) is 0 Å². The van der Waals surface area contributed by atoms with Gasteiger partial charge in [0.15, 0.2) is 6.29 Å². The monoisotopic (exact) mass is 359 g/mol. The fraction of sp³-hybridized carbons (Fsp3) is 0.222. The Morgan fingerprint density at radius 3 is 3.08 bits per heavy atom. The molecule has 3 aromatic rings. The molecule has 3 rings (SSSR count). The number of phenols is 1. The van der Waals surface area contributed by atoms with Crippen molar-refractivity contribution in [2.24, 2.45) is 0 Å². The molecule has 0 aliphatic carbocycles. The Labute approximate surface area is 153 Å². The summed E-state index contributed by atoms with van der Waals surface area (Å²) < 4.78 is 43.4. The number of aldehydes is 1. The van der Waals surface area contributed by atoms with Gasteiger partial charge in [0.1, 0.15) is 23.8 Å². The van der Waals surface area contributed by atoms with Crippen LogP contribution in [0, 0.1) is 6.08 Å². The molecule has 0 saturated heterocycles. The predicted octanol–water partition coefficient (Wildman–Crippen LogP) is 3.16. The number of aromatic nitrogens is 4. The van der Waals surface area contributed by atoms with E-state index in [0.29, 0.717) is 11.8 Å². The molecule has 7 nitrogen and oxygen atoms in total. The van der Waals surface area contributed by atoms with Crippen LogP contribution in [0.15, 0.2) is 36.7 Å². The molecule has 8 heteroatoms. The smallest absolute Gasteiger partial charge is 0.309 e. The molecule has 0 aliphatic rings. The van der Waals surface area contributed by atoms with Crippen LogP contribution in [0.25, 0.3) is 11.4 Å². The number of halogens is 1. The van der Waals surface area contributed by atoms with Gasteiger partial charge in [-0.2, -0.15) is 9.49 Å². The number of carbonyl (C=O) groups is 1. The Kier molecular flexibility index (Phi) is 3.91. The van der Waals surface area contributed by atoms with E-state index in [4.69, 9.17) is 8.85 Å². The first kappa shape index (κ1) is 13.9. The lowest BCUT2D eigenvalue weighted by Crippen LogP contribution is -2.09. The number of rotatable bonds is 6. The highest BCUT2D eigenvalue weighted by Gasteiger charge is 2.17. The molecule has 0 bridgehead atoms. The van der Waals surface area contributed by atoms with Crippen LogP contribution in [0.2, 0.25) is 0 Å². The van der Waals surface area contributed by atoms with Gasteiger partial charge in [-0.05, 0) is 32.0 Å². The van der Waals surface area contributed by atoms with Gasteiger partial charge in [-0.3, -0.25) is 9.48 Å². The predicted molar refractivity (Wildman–Crippen MR) is 91.4 cm³/mol. The average molecular weight is 359 g/mol. The first-order valence-corrected chi connectivity index (χ1v) is 7.67. The molecule has 134 valence electrons. The van der Waals surface area contributed by atoms with Gasteiger partial charge in [0.25, 0.3) is 0 Å². The Hall–Kier alpha value is -3.29. The summed E-state index contributed by atoms with van der Waals surface area (Å²) in [5.41, 5.74) is 0.697. The van der Waals surface area contributed by atoms with Gasteiger partial charge in [0.05, 0.1) is 11.3 Å². The topological polar surface area (TPSA) is 90.1 Å². The number of carbonyl (C=O) groups excluding carboxylic acids is 1. The van der Waals surface area contributed by atoms with Crippen LogP contribution in [0.1, 0.15) is 39.9 Å². The summed E-state index contributed by atoms with van der Waals surface area (Å²) >= 11 is 0. The van der Waals surface area contributed by atoms with Gasteiger partial charge in [-0.15, -0.1) is 0 Å². The van der Waals surface area contributed by atoms with Crippen molar-refractivity contribution in [3.63, 3.8) is 0 Å². The normalized spacial score (nSPS) is 14.2. The van der Waals surface area contributed by atoms with Gasteiger partial charge in [-0.25, -0.2) is 9.97 Å². The highest BCUT2D eigenvalue weighted by Crippen LogP contribution is 2.28. The van der Waals surface area contributed by atoms with Crippen molar-refractivity contribution in [3.8, 4) is 22.9 Å². The van der Waals surface area contributed by atoms with Crippen molar-refractivity contribution in [1.82, 2.24) is 19.7 Å². The fourth-order valence-electron chi connectivity index (χ4n) is 2.46. The van der Waals surface area contributed by atoms with Crippen LogP contribution in [-0.2, 0) is 6.61 Å². The number of hydrogen-bond acceptors (Lipinski definition) is 6. The Morgan fingerprint density at radius 2 is 2.31 bits per heavy atom. The van der Waals surface area contributed by atoms with E-state index in [-0.39, 0.29) is 35.1 Å². The number of benzene rings is 1. The molecule has 0 saturated carbocycles. The van der Waals surface area contributed by atoms with Gasteiger partial charge in [0.2, 0.25) is 0 Å². The Bertz CT molecular complexity index is 1040. The Morgan fingerprint density at radius 1 is 1.46 bits per heavy atom. The van der Waals surface area contributed by atoms with E-state index in [1.54, 1.807) is 0 Å². The zero-order valence-electron chi connectivity index (χ0n) is 16.8. The second-order valence-corrected chi connectivity index (χ2v) is 5.45. The van der Waals surface area contributed by atoms with Crippen molar-refractivity contribution in [2.45, 2.75) is 26.4 Å². The largest absolute Gasteiger partial charge is 0.507 e. The Balaban J connectivity index is 1.98. The molecule has 1 aromatic carbocycles. The minimum absolute atomic E-state index is 0.0295. The first-order valence-electron chi connectivity index (χ1n) is 9.17. The van der Waals surface area contributed by atoms with E-state index in [2.05, 4.69) is 15.1 Å². The molecule has 2 heterocycles. The third-order valence-electron chi connectivity index (χ3n) is 3.66. The molecule has 0 aliphatic heterocycles. The quantitative estimate of drug-likeness (QED) is 0.537. The van der Waals surface area contributed by atoms with Gasteiger partial charge in [-0.1, -0.05) is 6.07 Å². The molecule has 1 unspecified atom stereocenters. The summed E-state index contributed by atoms with van der Waals surface area (Å²) in [4.78, 5) is 18.5. The molecule has 0 radical (unpaired) electrons. The number of aromatic hydroxyl groups is 1. The van der Waals surface area contributed by atoms with E-state index in [1.165, 1.54) is 48.3 Å². The van der Waals surface area contributed by atoms with E-state index >= 15 is 0 Å². The number of nitrogens with zero attached hydrogens (tertiary/aromatic N) is 4. The summed E-state index contributed by atoms with van der Waals surface area (Å²) in [6.45, 7) is -1.02. The molecule has 0 amide bonds. The van der Waals surface area contributed by atoms with Crippen molar-refractivity contribution in [2.75, 3.05) is 0 Å². The van der Waals surface area contributed by atoms with E-state index < -0.39 is 19.0 Å². The maximum absolute atomic E-state index is 13.8. The lowest BCUT2D eigenvalue weighted by atomic mass is 10.1. The lowest BCUT2D eigenvalue weighted by molar-refractivity contribution is 0.111. The molecular formula is C18H17FN4O3. The number of hydrogen-bond donors (Lipinski definition) is 1. The van der Waals surface area contributed by atoms with Crippen molar-refractivity contribution in [3.05, 3.63) is 53.9 Å². The molecule has 0 spiro atoms. The maximum atomic E-state index is 13.8. The van der Waals surface area contributed by atoms with Gasteiger partial charge in [0, 0.05) is 28.1 Å². The van der Waals surface area contributed by atoms with Crippen molar-refractivity contribution in [1.29, 1.82) is 0 Å². The van der Waals surface area contributed by atoms with Crippen LogP contribution in [0.5, 0.6) is 11.5 Å². The standard InChI is InChI=1S/C18H17FN4O3/c1-11(2)23-14(6-7-21-23)17-12(8-20-18(19)22-17)10-26-16-5-3-4-15(25)13(16)9-24/h3-9,11,25H,10H2,1-2H3/i1D3. The van der Waals surface area contributed by atoms with Crippen molar-refractivity contribution < 1.29 is 23.1 Å². The van der Waals surface area contributed by atoms with Crippen LogP contribution >= 0.6 is 0 Å². The number of phenolic OH excluding ortho intramolecular Hbond substituents is 1. The van der Waals surface area contributed by atoms with E-state index in [9.17, 15) is 14.3 Å². The van der Waals surface area contributed by atoms with Gasteiger partial charge >= 0.3 is 6.08 Å². The van der Waals surface area contributed by atoms with Gasteiger partial charge < -0.3 is 9.84 Å². The minimum atomic E-state index is -2.33. The zero-order valence-corrected chi connectivity index (χ0v) is 13.8. The first-order chi connectivity index (χ1) is 13.7. The highest BCUT2D eigenvalue weighted by atomic mass is 19.1. The number of ether oxygens (including phenoxy) is 1. The van der Waals surface area contributed by atoms with Crippen LogP contribution < -0.4 is 4.74 Å². The summed E-state index contributed by atoms with van der Waals surface area (Å²) in [6.07, 6.45) is 2.06. The molecular weight excluding hydrogens is 339 g/mol. The third kappa shape index (κ3) is 3.39. The second-order valence-electron chi connectivity index (χ2n) is 5.45. The maximum Gasteiger partial charge on any atom is 0.309 e. The highest BCUT2D eigenvalue weighted by molar-refractivity contribution is 5.83. The summed E-state index contributed by atoms with van der Waals surface area (Å²) in [5, 5.41) is 13.8. The average Bonchev–Trinajstić information content (AvgIpc) is 3.15. The lowest BCUT2D eigenvalue weighted by Gasteiger charge is -2.14. The molecule has 1 atom stereocenters. The summed E-state index contributed by atoms with van der Waals surface area (Å²) in [6, 6.07) is 4.88. The molecule has 0 fully saturated rings. The molecule has 26 heavy (non-hydrogen) atoms. The summed E-state index contributed by atoms with van der Waals surface area (Å²) in [7, 11) is 0. The van der Waals surface area contributed by atoms with Crippen LogP contribution in [0.3, 0.4) is 0 Å². The minimum Gasteiger partial charge on any atom is -0.507 e.